The van der Waals surface area contributed by atoms with Gasteiger partial charge in [-0.1, -0.05) is 35.1 Å². The maximum absolute atomic E-state index is 12.4. The van der Waals surface area contributed by atoms with Gasteiger partial charge in [-0.25, -0.2) is 9.78 Å². The highest BCUT2D eigenvalue weighted by molar-refractivity contribution is 9.10. The van der Waals surface area contributed by atoms with Gasteiger partial charge in [-0.2, -0.15) is 9.61 Å². The number of anilines is 2. The number of pyridine rings is 1. The molecule has 2 N–H and O–H groups in total. The molecule has 0 bridgehead atoms. The van der Waals surface area contributed by atoms with E-state index in [4.69, 9.17) is 9.72 Å². The predicted molar refractivity (Wildman–Crippen MR) is 147 cm³/mol. The summed E-state index contributed by atoms with van der Waals surface area (Å²) in [7, 11) is 0. The van der Waals surface area contributed by atoms with Gasteiger partial charge in [0.1, 0.15) is 30.7 Å². The zero-order valence-corrected chi connectivity index (χ0v) is 23.2. The third-order valence-corrected chi connectivity index (χ3v) is 6.76. The molecule has 4 aromatic rings. The van der Waals surface area contributed by atoms with Crippen molar-refractivity contribution in [3.05, 3.63) is 71.0 Å². The molecule has 4 heterocycles. The third kappa shape index (κ3) is 5.67. The molecular formula is C27H31BrN7O3+. The first-order chi connectivity index (χ1) is 18.2. The van der Waals surface area contributed by atoms with Gasteiger partial charge < -0.3 is 20.2 Å². The van der Waals surface area contributed by atoms with Crippen molar-refractivity contribution in [2.24, 2.45) is 0 Å². The van der Waals surface area contributed by atoms with Crippen LogP contribution in [0.5, 0.6) is 0 Å². The number of rotatable bonds is 5. The Morgan fingerprint density at radius 1 is 1.13 bits per heavy atom. The number of hydrogen-bond acceptors (Lipinski definition) is 7. The van der Waals surface area contributed by atoms with E-state index in [9.17, 15) is 10.0 Å². The first-order valence-electron chi connectivity index (χ1n) is 12.5. The van der Waals surface area contributed by atoms with Gasteiger partial charge in [0.15, 0.2) is 5.65 Å². The fourth-order valence-electron chi connectivity index (χ4n) is 4.34. The third-order valence-electron chi connectivity index (χ3n) is 6.20. The van der Waals surface area contributed by atoms with Crippen LogP contribution in [0.25, 0.3) is 16.9 Å². The summed E-state index contributed by atoms with van der Waals surface area (Å²) in [5, 5.41) is 18.6. The van der Waals surface area contributed by atoms with Crippen molar-refractivity contribution < 1.29 is 19.5 Å². The number of ether oxygens (including phenoxy) is 1. The molecule has 1 fully saturated rings. The van der Waals surface area contributed by atoms with Crippen LogP contribution in [0.15, 0.2) is 65.4 Å². The lowest BCUT2D eigenvalue weighted by Gasteiger charge is -2.32. The minimum absolute atomic E-state index is 0.305. The lowest BCUT2D eigenvalue weighted by molar-refractivity contribution is -0.894. The van der Waals surface area contributed by atoms with E-state index in [2.05, 4.69) is 31.2 Å². The summed E-state index contributed by atoms with van der Waals surface area (Å²) in [6.45, 7) is 8.31. The average molecular weight is 581 g/mol. The van der Waals surface area contributed by atoms with Crippen molar-refractivity contribution in [2.45, 2.75) is 32.9 Å². The Labute approximate surface area is 229 Å². The van der Waals surface area contributed by atoms with Gasteiger partial charge in [0.2, 0.25) is 0 Å². The number of benzene rings is 1. The molecule has 11 heteroatoms. The van der Waals surface area contributed by atoms with Gasteiger partial charge in [-0.05, 0) is 42.8 Å². The summed E-state index contributed by atoms with van der Waals surface area (Å²) in [4.78, 5) is 20.9. The number of carbonyl (C=O) groups is 1. The Hall–Kier alpha value is -3.86. The Bertz CT molecular complexity index is 1440. The normalized spacial score (nSPS) is 14.1. The average Bonchev–Trinajstić information content (AvgIpc) is 3.27. The molecule has 5 rings (SSSR count). The molecule has 198 valence electrons. The van der Waals surface area contributed by atoms with E-state index in [1.54, 1.807) is 21.8 Å². The lowest BCUT2D eigenvalue weighted by atomic mass is 10.1. The first-order valence-corrected chi connectivity index (χ1v) is 13.3. The summed E-state index contributed by atoms with van der Waals surface area (Å²) in [5.74, 6) is 1.46. The Kier molecular flexibility index (Phi) is 7.11. The molecule has 0 radical (unpaired) electrons. The van der Waals surface area contributed by atoms with Crippen LogP contribution in [0.4, 0.5) is 16.4 Å². The minimum atomic E-state index is -0.523. The predicted octanol–water partition coefficient (Wildman–Crippen LogP) is 4.35. The standard InChI is InChI=1S/C27H31BrN7O3/c1-27(2,3)38-26(36)33-13-11-32(12-14-33)24-10-9-19(18-34(24)37)16-29-23-15-22(20-7-5-4-6-8-20)31-25-21(28)17-30-35(23)25/h4-10,15,17-18,29,37H,11-14,16H2,1-3H3/q+1. The minimum Gasteiger partial charge on any atom is -0.444 e. The van der Waals surface area contributed by atoms with Crippen molar-refractivity contribution in [1.29, 1.82) is 0 Å². The molecule has 1 aromatic carbocycles. The molecule has 0 spiro atoms. The number of halogens is 1. The second-order valence-electron chi connectivity index (χ2n) is 10.2. The molecule has 1 aliphatic heterocycles. The second kappa shape index (κ2) is 10.5. The van der Waals surface area contributed by atoms with Crippen LogP contribution in [0.3, 0.4) is 0 Å². The zero-order valence-electron chi connectivity index (χ0n) is 21.6. The van der Waals surface area contributed by atoms with Crippen LogP contribution in [0, 0.1) is 0 Å². The van der Waals surface area contributed by atoms with Gasteiger partial charge in [0.25, 0.3) is 0 Å². The number of aromatic nitrogens is 4. The number of fused-ring (bicyclic) bond motifs is 1. The number of amides is 1. The quantitative estimate of drug-likeness (QED) is 0.267. The highest BCUT2D eigenvalue weighted by atomic mass is 79.9. The highest BCUT2D eigenvalue weighted by Crippen LogP contribution is 2.26. The van der Waals surface area contributed by atoms with Crippen LogP contribution in [-0.2, 0) is 11.3 Å². The maximum atomic E-state index is 12.4. The van der Waals surface area contributed by atoms with Gasteiger partial charge in [0.05, 0.1) is 29.5 Å². The van der Waals surface area contributed by atoms with E-state index in [1.807, 2.05) is 69.3 Å². The van der Waals surface area contributed by atoms with Crippen molar-refractivity contribution in [2.75, 3.05) is 36.4 Å². The molecule has 1 aliphatic rings. The summed E-state index contributed by atoms with van der Waals surface area (Å²) >= 11 is 3.54. The van der Waals surface area contributed by atoms with Crippen molar-refractivity contribution in [3.63, 3.8) is 0 Å². The van der Waals surface area contributed by atoms with E-state index in [-0.39, 0.29) is 6.09 Å². The Balaban J connectivity index is 1.27. The summed E-state index contributed by atoms with van der Waals surface area (Å²) < 4.78 is 9.18. The van der Waals surface area contributed by atoms with Crippen molar-refractivity contribution >= 4 is 39.3 Å². The number of hydrogen-bond donors (Lipinski definition) is 2. The van der Waals surface area contributed by atoms with E-state index < -0.39 is 5.60 Å². The largest absolute Gasteiger partial charge is 0.444 e. The van der Waals surface area contributed by atoms with Crippen LogP contribution in [-0.4, -0.2) is 62.6 Å². The SMILES string of the molecule is CC(C)(C)OC(=O)N1CCN(c2ccc(CNc3cc(-c4ccccc4)nc4c(Br)cnn34)c[n+]2O)CC1. The van der Waals surface area contributed by atoms with Crippen LogP contribution >= 0.6 is 15.9 Å². The fourth-order valence-corrected chi connectivity index (χ4v) is 4.68. The maximum Gasteiger partial charge on any atom is 0.410 e. The Morgan fingerprint density at radius 2 is 1.87 bits per heavy atom. The van der Waals surface area contributed by atoms with E-state index in [0.717, 1.165) is 31.8 Å². The number of nitrogens with zero attached hydrogens (tertiary/aromatic N) is 6. The molecule has 1 amide bonds. The zero-order chi connectivity index (χ0) is 26.9. The smallest absolute Gasteiger partial charge is 0.410 e. The molecule has 0 unspecified atom stereocenters. The molecule has 10 nitrogen and oxygen atoms in total. The Morgan fingerprint density at radius 3 is 2.55 bits per heavy atom. The molecule has 0 aliphatic carbocycles. The molecule has 1 saturated heterocycles. The number of nitrogens with one attached hydrogen (secondary N) is 1. The summed E-state index contributed by atoms with van der Waals surface area (Å²) in [6, 6.07) is 15.8. The number of piperazine rings is 1. The van der Waals surface area contributed by atoms with E-state index in [1.165, 1.54) is 0 Å². The molecule has 38 heavy (non-hydrogen) atoms. The molecular weight excluding hydrogens is 550 g/mol. The van der Waals surface area contributed by atoms with Crippen LogP contribution in [0.2, 0.25) is 0 Å². The first kappa shape index (κ1) is 25.8. The molecule has 0 atom stereocenters. The fraction of sp³-hybridized carbons (Fsp3) is 0.333. The summed E-state index contributed by atoms with van der Waals surface area (Å²) in [6.07, 6.45) is 3.11. The number of carbonyl (C=O) groups excluding carboxylic acids is 1. The van der Waals surface area contributed by atoms with Crippen LogP contribution < -0.4 is 14.9 Å². The van der Waals surface area contributed by atoms with Gasteiger partial charge in [0, 0.05) is 29.8 Å². The van der Waals surface area contributed by atoms with Gasteiger partial charge in [-0.3, -0.25) is 4.90 Å². The highest BCUT2D eigenvalue weighted by Gasteiger charge is 2.30. The van der Waals surface area contributed by atoms with E-state index >= 15 is 0 Å². The van der Waals surface area contributed by atoms with Crippen molar-refractivity contribution in [1.82, 2.24) is 19.5 Å². The van der Waals surface area contributed by atoms with Gasteiger partial charge in [-0.15, -0.1) is 0 Å². The van der Waals surface area contributed by atoms with Gasteiger partial charge >= 0.3 is 11.9 Å². The topological polar surface area (TPSA) is 99.1 Å². The lowest BCUT2D eigenvalue weighted by Crippen LogP contribution is -2.53. The second-order valence-corrected chi connectivity index (χ2v) is 11.0. The van der Waals surface area contributed by atoms with Crippen LogP contribution in [0.1, 0.15) is 26.3 Å². The molecule has 0 saturated carbocycles. The summed E-state index contributed by atoms with van der Waals surface area (Å²) in [5.41, 5.74) is 2.93. The molecule has 3 aromatic heterocycles. The monoisotopic (exact) mass is 580 g/mol. The van der Waals surface area contributed by atoms with E-state index in [0.29, 0.717) is 44.2 Å². The van der Waals surface area contributed by atoms with Crippen molar-refractivity contribution in [3.8, 4) is 11.3 Å².